The van der Waals surface area contributed by atoms with Crippen molar-refractivity contribution in [1.82, 2.24) is 4.90 Å². The highest BCUT2D eigenvalue weighted by atomic mass is 32.2. The smallest absolute Gasteiger partial charge is 0.219 e. The van der Waals surface area contributed by atoms with E-state index in [1.807, 2.05) is 6.26 Å². The molecule has 0 aliphatic heterocycles. The molecule has 0 heterocycles. The molecule has 1 aromatic carbocycles. The maximum absolute atomic E-state index is 11.9. The maximum atomic E-state index is 11.9. The summed E-state index contributed by atoms with van der Waals surface area (Å²) in [6.07, 6.45) is 5.74. The number of thioether (sulfide) groups is 1. The largest absolute Gasteiger partial charge is 0.508 e. The molecule has 9 heteroatoms. The number of hydrogen-bond acceptors (Lipinski definition) is 8. The molecule has 194 valence electrons. The van der Waals surface area contributed by atoms with Crippen LogP contribution in [0.2, 0.25) is 0 Å². The number of benzene rings is 1. The van der Waals surface area contributed by atoms with Gasteiger partial charge in [-0.15, -0.1) is 0 Å². The quantitative estimate of drug-likeness (QED) is 0.249. The molecule has 0 saturated carbocycles. The van der Waals surface area contributed by atoms with Crippen molar-refractivity contribution in [1.29, 1.82) is 0 Å². The average Bonchev–Trinajstić information content (AvgIpc) is 2.83. The summed E-state index contributed by atoms with van der Waals surface area (Å²) < 4.78 is 16.6. The monoisotopic (exact) mass is 499 g/mol. The van der Waals surface area contributed by atoms with Crippen molar-refractivity contribution in [3.05, 3.63) is 29.3 Å². The van der Waals surface area contributed by atoms with Crippen molar-refractivity contribution in [2.24, 2.45) is 0 Å². The van der Waals surface area contributed by atoms with Crippen LogP contribution in [-0.4, -0.2) is 85.0 Å². The molecule has 0 aromatic heterocycles. The lowest BCUT2D eigenvalue weighted by Crippen LogP contribution is -2.30. The molecule has 1 amide bonds. The van der Waals surface area contributed by atoms with Crippen LogP contribution < -0.4 is 0 Å². The normalized spacial score (nSPS) is 11.0. The number of hydrogen-bond donors (Lipinski definition) is 2. The van der Waals surface area contributed by atoms with E-state index >= 15 is 0 Å². The van der Waals surface area contributed by atoms with Gasteiger partial charge in [0.05, 0.1) is 33.0 Å². The van der Waals surface area contributed by atoms with Crippen LogP contribution in [0, 0.1) is 0 Å². The average molecular weight is 500 g/mol. The van der Waals surface area contributed by atoms with Gasteiger partial charge in [0.25, 0.3) is 0 Å². The molecule has 34 heavy (non-hydrogen) atoms. The molecule has 1 aromatic rings. The first-order chi connectivity index (χ1) is 16.5. The predicted molar refractivity (Wildman–Crippen MR) is 134 cm³/mol. The molecule has 0 aliphatic rings. The Balaban J connectivity index is 2.01. The van der Waals surface area contributed by atoms with E-state index in [2.05, 4.69) is 0 Å². The molecule has 0 aliphatic carbocycles. The first-order valence-corrected chi connectivity index (χ1v) is 13.3. The van der Waals surface area contributed by atoms with Crippen molar-refractivity contribution < 1.29 is 34.0 Å². The number of aliphatic hydroxyl groups is 1. The van der Waals surface area contributed by atoms with E-state index in [1.165, 1.54) is 13.0 Å². The number of aromatic hydroxyl groups is 1. The van der Waals surface area contributed by atoms with Gasteiger partial charge in [-0.05, 0) is 49.0 Å². The lowest BCUT2D eigenvalue weighted by atomic mass is 10.1. The molecule has 2 N–H and O–H groups in total. The van der Waals surface area contributed by atoms with E-state index in [1.54, 1.807) is 28.8 Å². The number of nitrogens with zero attached hydrogens (tertiary/aromatic N) is 1. The Kier molecular flexibility index (Phi) is 17.5. The zero-order valence-electron chi connectivity index (χ0n) is 20.6. The number of ketones is 1. The van der Waals surface area contributed by atoms with Crippen LogP contribution in [0.15, 0.2) is 18.2 Å². The summed E-state index contributed by atoms with van der Waals surface area (Å²) in [7, 11) is 0. The van der Waals surface area contributed by atoms with Gasteiger partial charge < -0.3 is 29.3 Å². The first-order valence-electron chi connectivity index (χ1n) is 11.9. The third kappa shape index (κ3) is 14.6. The zero-order valence-corrected chi connectivity index (χ0v) is 21.4. The van der Waals surface area contributed by atoms with Crippen LogP contribution >= 0.6 is 11.8 Å². The Morgan fingerprint density at radius 3 is 2.21 bits per heavy atom. The third-order valence-electron chi connectivity index (χ3n) is 5.17. The number of phenolic OH excluding ortho intramolecular Hbond substituents is 1. The second-order valence-corrected chi connectivity index (χ2v) is 8.98. The molecule has 0 bridgehead atoms. The van der Waals surface area contributed by atoms with Crippen molar-refractivity contribution in [2.75, 3.05) is 58.2 Å². The summed E-state index contributed by atoms with van der Waals surface area (Å²) in [5.74, 6) is 1.26. The molecular weight excluding hydrogens is 458 g/mol. The highest BCUT2D eigenvalue weighted by Gasteiger charge is 2.12. The number of aliphatic hydroxyl groups excluding tert-OH is 1. The van der Waals surface area contributed by atoms with Crippen LogP contribution in [0.4, 0.5) is 0 Å². The standard InChI is InChI=1S/C25H41NO7S/c1-21(28)26(19-23-18-22(20-27)7-8-25(23)30)10-5-12-32-14-16-33-15-13-31-11-4-3-6-24(29)9-17-34-2/h7-8,18,27,30H,3-6,9-17,19-20H2,1-2H3. The van der Waals surface area contributed by atoms with Gasteiger partial charge in [-0.25, -0.2) is 0 Å². The van der Waals surface area contributed by atoms with Gasteiger partial charge in [0.2, 0.25) is 5.91 Å². The third-order valence-corrected chi connectivity index (χ3v) is 5.79. The highest BCUT2D eigenvalue weighted by Crippen LogP contribution is 2.20. The van der Waals surface area contributed by atoms with Crippen LogP contribution in [-0.2, 0) is 37.0 Å². The minimum atomic E-state index is -0.115. The highest BCUT2D eigenvalue weighted by molar-refractivity contribution is 7.98. The molecule has 0 atom stereocenters. The van der Waals surface area contributed by atoms with Crippen LogP contribution in [0.5, 0.6) is 5.75 Å². The first kappa shape index (κ1) is 30.4. The molecule has 0 radical (unpaired) electrons. The number of rotatable bonds is 21. The van der Waals surface area contributed by atoms with Gasteiger partial charge >= 0.3 is 0 Å². The van der Waals surface area contributed by atoms with E-state index in [0.717, 1.165) is 18.6 Å². The Morgan fingerprint density at radius 1 is 0.941 bits per heavy atom. The van der Waals surface area contributed by atoms with Crippen LogP contribution in [0.3, 0.4) is 0 Å². The fourth-order valence-corrected chi connectivity index (χ4v) is 3.62. The van der Waals surface area contributed by atoms with Crippen molar-refractivity contribution >= 4 is 23.5 Å². The van der Waals surface area contributed by atoms with Gasteiger partial charge in [-0.3, -0.25) is 9.59 Å². The number of ether oxygens (including phenoxy) is 3. The lowest BCUT2D eigenvalue weighted by molar-refractivity contribution is -0.129. The lowest BCUT2D eigenvalue weighted by Gasteiger charge is -2.22. The summed E-state index contributed by atoms with van der Waals surface area (Å²) >= 11 is 1.70. The topological polar surface area (TPSA) is 106 Å². The number of carbonyl (C=O) groups is 2. The number of phenols is 1. The second kappa shape index (κ2) is 19.6. The van der Waals surface area contributed by atoms with Gasteiger partial charge in [-0.1, -0.05) is 6.07 Å². The number of unbranched alkanes of at least 4 members (excludes halogenated alkanes) is 1. The minimum Gasteiger partial charge on any atom is -0.508 e. The summed E-state index contributed by atoms with van der Waals surface area (Å²) in [6, 6.07) is 4.89. The number of carbonyl (C=O) groups excluding carboxylic acids is 2. The zero-order chi connectivity index (χ0) is 25.0. The Hall–Kier alpha value is -1.65. The number of amides is 1. The van der Waals surface area contributed by atoms with E-state index in [0.29, 0.717) is 82.4 Å². The summed E-state index contributed by atoms with van der Waals surface area (Å²) in [6.45, 7) is 5.30. The maximum Gasteiger partial charge on any atom is 0.219 e. The van der Waals surface area contributed by atoms with Crippen LogP contribution in [0.1, 0.15) is 50.2 Å². The van der Waals surface area contributed by atoms with E-state index in [9.17, 15) is 19.8 Å². The molecule has 0 unspecified atom stereocenters. The van der Waals surface area contributed by atoms with Crippen LogP contribution in [0.25, 0.3) is 0 Å². The van der Waals surface area contributed by atoms with Crippen molar-refractivity contribution in [3.8, 4) is 5.75 Å². The van der Waals surface area contributed by atoms with E-state index in [4.69, 9.17) is 14.2 Å². The Morgan fingerprint density at radius 2 is 1.59 bits per heavy atom. The van der Waals surface area contributed by atoms with Gasteiger partial charge in [0.15, 0.2) is 0 Å². The Bertz CT molecular complexity index is 702. The van der Waals surface area contributed by atoms with Crippen molar-refractivity contribution in [3.63, 3.8) is 0 Å². The van der Waals surface area contributed by atoms with Gasteiger partial charge in [0.1, 0.15) is 11.5 Å². The fraction of sp³-hybridized carbons (Fsp3) is 0.680. The summed E-state index contributed by atoms with van der Waals surface area (Å²) in [5.41, 5.74) is 1.30. The Labute approximate surface area is 208 Å². The van der Waals surface area contributed by atoms with Gasteiger partial charge in [0, 0.05) is 51.6 Å². The SMILES string of the molecule is CSCCC(=O)CCCCOCCOCCOCCCN(Cc1cc(CO)ccc1O)C(C)=O. The van der Waals surface area contributed by atoms with E-state index in [-0.39, 0.29) is 24.8 Å². The summed E-state index contributed by atoms with van der Waals surface area (Å²) in [5, 5.41) is 19.3. The van der Waals surface area contributed by atoms with E-state index < -0.39 is 0 Å². The second-order valence-electron chi connectivity index (χ2n) is 7.99. The minimum absolute atomic E-state index is 0.0840. The molecule has 1 rings (SSSR count). The fourth-order valence-electron chi connectivity index (χ4n) is 3.18. The molecular formula is C25H41NO7S. The molecule has 0 spiro atoms. The molecule has 0 saturated heterocycles. The van der Waals surface area contributed by atoms with Gasteiger partial charge in [-0.2, -0.15) is 11.8 Å². The van der Waals surface area contributed by atoms with Crippen molar-refractivity contribution in [2.45, 2.75) is 52.2 Å². The predicted octanol–water partition coefficient (Wildman–Crippen LogP) is 3.17. The number of Topliss-reactive ketones (excluding diaryl/α,β-unsaturated/α-hetero) is 1. The summed E-state index contributed by atoms with van der Waals surface area (Å²) in [4.78, 5) is 25.1. The molecule has 0 fully saturated rings. The molecule has 8 nitrogen and oxygen atoms in total.